The Morgan fingerprint density at radius 2 is 2.14 bits per heavy atom. The molecule has 4 heteroatoms. The van der Waals surface area contributed by atoms with E-state index in [0.717, 1.165) is 24.6 Å². The van der Waals surface area contributed by atoms with Crippen LogP contribution in [0.5, 0.6) is 0 Å². The Bertz CT molecular complexity index is 727. The molecule has 0 aliphatic heterocycles. The van der Waals surface area contributed by atoms with Gasteiger partial charge in [-0.15, -0.1) is 11.3 Å². The van der Waals surface area contributed by atoms with Crippen LogP contribution in [0.25, 0.3) is 10.9 Å². The average molecular weight is 299 g/mol. The van der Waals surface area contributed by atoms with E-state index in [1.54, 1.807) is 11.3 Å². The highest BCUT2D eigenvalue weighted by molar-refractivity contribution is 7.11. The van der Waals surface area contributed by atoms with Crippen molar-refractivity contribution < 1.29 is 0 Å². The minimum Gasteiger partial charge on any atom is -0.342 e. The molecule has 0 bridgehead atoms. The highest BCUT2D eigenvalue weighted by atomic mass is 32.1. The molecule has 2 aromatic heterocycles. The van der Waals surface area contributed by atoms with Gasteiger partial charge in [-0.3, -0.25) is 0 Å². The van der Waals surface area contributed by atoms with E-state index in [4.69, 9.17) is 0 Å². The van der Waals surface area contributed by atoms with E-state index in [1.807, 2.05) is 6.20 Å². The first kappa shape index (κ1) is 14.3. The fourth-order valence-corrected chi connectivity index (χ4v) is 3.43. The second kappa shape index (κ2) is 6.41. The third-order valence-electron chi connectivity index (χ3n) is 3.61. The van der Waals surface area contributed by atoms with Gasteiger partial charge in [0.25, 0.3) is 0 Å². The number of benzene rings is 1. The summed E-state index contributed by atoms with van der Waals surface area (Å²) in [5.41, 5.74) is 2.68. The van der Waals surface area contributed by atoms with E-state index < -0.39 is 0 Å². The van der Waals surface area contributed by atoms with Crippen LogP contribution in [0.3, 0.4) is 0 Å². The summed E-state index contributed by atoms with van der Waals surface area (Å²) in [5.74, 6) is 0. The first-order valence-electron chi connectivity index (χ1n) is 7.46. The molecule has 0 aliphatic carbocycles. The number of aryl methyl sites for hydroxylation is 1. The minimum atomic E-state index is 0.903. The Balaban J connectivity index is 1.90. The Morgan fingerprint density at radius 1 is 1.29 bits per heavy atom. The summed E-state index contributed by atoms with van der Waals surface area (Å²) < 4.78 is 2.34. The maximum Gasteiger partial charge on any atom is 0.0897 e. The first-order valence-corrected chi connectivity index (χ1v) is 8.28. The molecule has 3 rings (SSSR count). The predicted molar refractivity (Wildman–Crippen MR) is 89.9 cm³/mol. The van der Waals surface area contributed by atoms with Gasteiger partial charge in [0.1, 0.15) is 0 Å². The number of rotatable bonds is 6. The zero-order valence-electron chi connectivity index (χ0n) is 12.6. The lowest BCUT2D eigenvalue weighted by Gasteiger charge is -2.02. The summed E-state index contributed by atoms with van der Waals surface area (Å²) in [4.78, 5) is 5.66. The highest BCUT2D eigenvalue weighted by Crippen LogP contribution is 2.23. The molecular formula is C17H21N3S. The van der Waals surface area contributed by atoms with Crippen molar-refractivity contribution in [3.63, 3.8) is 0 Å². The molecule has 21 heavy (non-hydrogen) atoms. The summed E-state index contributed by atoms with van der Waals surface area (Å²) in [5, 5.41) is 5.98. The summed E-state index contributed by atoms with van der Waals surface area (Å²) >= 11 is 1.77. The van der Waals surface area contributed by atoms with Crippen molar-refractivity contribution in [3.8, 4) is 0 Å². The third-order valence-corrected chi connectivity index (χ3v) is 4.51. The number of hydrogen-bond donors (Lipinski definition) is 1. The zero-order valence-corrected chi connectivity index (χ0v) is 13.4. The van der Waals surface area contributed by atoms with Crippen LogP contribution in [0.2, 0.25) is 0 Å². The van der Waals surface area contributed by atoms with Crippen LogP contribution in [-0.2, 0) is 13.1 Å². The van der Waals surface area contributed by atoms with Gasteiger partial charge in [0.05, 0.1) is 11.6 Å². The van der Waals surface area contributed by atoms with Gasteiger partial charge in [0, 0.05) is 34.7 Å². The molecule has 0 unspecified atom stereocenters. The Labute approximate surface area is 129 Å². The van der Waals surface area contributed by atoms with Crippen molar-refractivity contribution in [1.82, 2.24) is 14.9 Å². The van der Waals surface area contributed by atoms with Crippen molar-refractivity contribution in [2.24, 2.45) is 0 Å². The van der Waals surface area contributed by atoms with Gasteiger partial charge in [0.15, 0.2) is 0 Å². The maximum atomic E-state index is 4.35. The Hall–Kier alpha value is -1.65. The zero-order chi connectivity index (χ0) is 14.7. The van der Waals surface area contributed by atoms with Crippen molar-refractivity contribution in [2.45, 2.75) is 33.4 Å². The van der Waals surface area contributed by atoms with E-state index in [0.29, 0.717) is 0 Å². The van der Waals surface area contributed by atoms with Crippen LogP contribution in [-0.4, -0.2) is 16.1 Å². The van der Waals surface area contributed by atoms with Crippen molar-refractivity contribution in [3.05, 3.63) is 52.1 Å². The van der Waals surface area contributed by atoms with E-state index in [-0.39, 0.29) is 0 Å². The van der Waals surface area contributed by atoms with Crippen LogP contribution in [0.15, 0.2) is 36.7 Å². The van der Waals surface area contributed by atoms with Crippen molar-refractivity contribution >= 4 is 22.2 Å². The van der Waals surface area contributed by atoms with Crippen LogP contribution >= 0.6 is 11.3 Å². The van der Waals surface area contributed by atoms with E-state index in [2.05, 4.69) is 59.2 Å². The van der Waals surface area contributed by atoms with Gasteiger partial charge in [-0.2, -0.15) is 0 Å². The molecule has 0 spiro atoms. The van der Waals surface area contributed by atoms with Crippen LogP contribution < -0.4 is 5.32 Å². The molecule has 0 saturated carbocycles. The Kier molecular flexibility index (Phi) is 4.36. The number of hydrogen-bond acceptors (Lipinski definition) is 3. The lowest BCUT2D eigenvalue weighted by atomic mass is 10.2. The molecule has 3 nitrogen and oxygen atoms in total. The van der Waals surface area contributed by atoms with Crippen LogP contribution in [0.1, 0.15) is 28.8 Å². The molecule has 1 N–H and O–H groups in total. The van der Waals surface area contributed by atoms with Crippen molar-refractivity contribution in [2.75, 3.05) is 6.54 Å². The molecular weight excluding hydrogens is 278 g/mol. The van der Waals surface area contributed by atoms with E-state index in [9.17, 15) is 0 Å². The molecule has 3 aromatic rings. The van der Waals surface area contributed by atoms with Crippen LogP contribution in [0.4, 0.5) is 0 Å². The van der Waals surface area contributed by atoms with E-state index >= 15 is 0 Å². The van der Waals surface area contributed by atoms with Gasteiger partial charge < -0.3 is 9.88 Å². The second-order valence-electron chi connectivity index (χ2n) is 5.32. The fraction of sp³-hybridized carbons (Fsp3) is 0.353. The largest absolute Gasteiger partial charge is 0.342 e. The molecule has 0 atom stereocenters. The average Bonchev–Trinajstić information content (AvgIpc) is 3.05. The number of aromatic nitrogens is 2. The lowest BCUT2D eigenvalue weighted by molar-refractivity contribution is 0.675. The van der Waals surface area contributed by atoms with Gasteiger partial charge in [0.2, 0.25) is 0 Å². The standard InChI is InChI=1S/C17H21N3S/c1-3-8-18-9-14-11-20(12-15-10-19-13(2)21-15)17-7-5-4-6-16(14)17/h4-7,10-11,18H,3,8-9,12H2,1-2H3. The quantitative estimate of drug-likeness (QED) is 0.698. The molecule has 0 amide bonds. The Morgan fingerprint density at radius 3 is 2.90 bits per heavy atom. The fourth-order valence-electron chi connectivity index (χ4n) is 2.64. The maximum absolute atomic E-state index is 4.35. The summed E-state index contributed by atoms with van der Waals surface area (Å²) in [6.45, 7) is 7.15. The molecule has 2 heterocycles. The molecule has 0 radical (unpaired) electrons. The van der Waals surface area contributed by atoms with Gasteiger partial charge in [-0.25, -0.2) is 4.98 Å². The lowest BCUT2D eigenvalue weighted by Crippen LogP contribution is -2.13. The SMILES string of the molecule is CCCNCc1cn(Cc2cnc(C)s2)c2ccccc12. The highest BCUT2D eigenvalue weighted by Gasteiger charge is 2.09. The van der Waals surface area contributed by atoms with Gasteiger partial charge in [-0.05, 0) is 31.5 Å². The summed E-state index contributed by atoms with van der Waals surface area (Å²) in [7, 11) is 0. The molecule has 0 aliphatic rings. The van der Waals surface area contributed by atoms with Gasteiger partial charge in [-0.1, -0.05) is 25.1 Å². The number of nitrogens with zero attached hydrogens (tertiary/aromatic N) is 2. The summed E-state index contributed by atoms with van der Waals surface area (Å²) in [6.07, 6.45) is 5.44. The monoisotopic (exact) mass is 299 g/mol. The summed E-state index contributed by atoms with van der Waals surface area (Å²) in [6, 6.07) is 8.64. The topological polar surface area (TPSA) is 29.9 Å². The number of fused-ring (bicyclic) bond motifs is 1. The van der Waals surface area contributed by atoms with Gasteiger partial charge >= 0.3 is 0 Å². The molecule has 1 aromatic carbocycles. The number of thiazole rings is 1. The minimum absolute atomic E-state index is 0.903. The smallest absolute Gasteiger partial charge is 0.0897 e. The number of nitrogens with one attached hydrogen (secondary N) is 1. The first-order chi connectivity index (χ1) is 10.3. The van der Waals surface area contributed by atoms with E-state index in [1.165, 1.54) is 27.8 Å². The predicted octanol–water partition coefficient (Wildman–Crippen LogP) is 3.95. The molecule has 110 valence electrons. The normalized spacial score (nSPS) is 11.3. The third kappa shape index (κ3) is 3.17. The molecule has 0 saturated heterocycles. The number of para-hydroxylation sites is 1. The molecule has 0 fully saturated rings. The second-order valence-corrected chi connectivity index (χ2v) is 6.64. The van der Waals surface area contributed by atoms with Crippen molar-refractivity contribution in [1.29, 1.82) is 0 Å². The van der Waals surface area contributed by atoms with Crippen LogP contribution in [0, 0.1) is 6.92 Å².